The highest BCUT2D eigenvalue weighted by Gasteiger charge is 2.33. The first-order chi connectivity index (χ1) is 11.4. The molecule has 0 atom stereocenters. The van der Waals surface area contributed by atoms with Crippen molar-refractivity contribution in [1.29, 1.82) is 0 Å². The largest absolute Gasteiger partial charge is 0.481 e. The zero-order valence-corrected chi connectivity index (χ0v) is 14.8. The van der Waals surface area contributed by atoms with E-state index in [2.05, 4.69) is 12.1 Å². The molecule has 1 N–H and O–H groups in total. The normalized spacial score (nSPS) is 16.2. The number of likely N-dealkylation sites (tertiary alicyclic amines) is 1. The molecule has 1 amide bonds. The number of carboxylic acids is 1. The molecule has 2 rings (SSSR count). The lowest BCUT2D eigenvalue weighted by molar-refractivity contribution is -0.143. The second-order valence-corrected chi connectivity index (χ2v) is 7.56. The minimum atomic E-state index is -0.735. The highest BCUT2D eigenvalue weighted by atomic mass is 16.4. The fraction of sp³-hybridized carbons (Fsp3) is 0.600. The third-order valence-electron chi connectivity index (χ3n) is 5.05. The summed E-state index contributed by atoms with van der Waals surface area (Å²) in [6.07, 6.45) is 4.70. The Morgan fingerprint density at radius 2 is 1.79 bits per heavy atom. The van der Waals surface area contributed by atoms with E-state index >= 15 is 0 Å². The minimum Gasteiger partial charge on any atom is -0.481 e. The van der Waals surface area contributed by atoms with Gasteiger partial charge >= 0.3 is 5.97 Å². The molecule has 1 fully saturated rings. The molecule has 1 aliphatic rings. The third kappa shape index (κ3) is 5.36. The molecule has 4 nitrogen and oxygen atoms in total. The number of aryl methyl sites for hydroxylation is 1. The number of nitrogens with zero attached hydrogens (tertiary/aromatic N) is 1. The first-order valence-corrected chi connectivity index (χ1v) is 8.93. The van der Waals surface area contributed by atoms with Crippen LogP contribution in [0.2, 0.25) is 0 Å². The average molecular weight is 331 g/mol. The molecular weight excluding hydrogens is 302 g/mol. The summed E-state index contributed by atoms with van der Waals surface area (Å²) >= 11 is 0. The molecule has 0 saturated carbocycles. The van der Waals surface area contributed by atoms with E-state index in [1.165, 1.54) is 5.56 Å². The quantitative estimate of drug-likeness (QED) is 0.828. The molecule has 0 spiro atoms. The van der Waals surface area contributed by atoms with Crippen LogP contribution in [0, 0.1) is 11.3 Å². The van der Waals surface area contributed by atoms with Crippen molar-refractivity contribution < 1.29 is 14.7 Å². The van der Waals surface area contributed by atoms with Gasteiger partial charge in [0.15, 0.2) is 0 Å². The van der Waals surface area contributed by atoms with Crippen LogP contribution in [0.15, 0.2) is 30.3 Å². The maximum atomic E-state index is 12.8. The summed E-state index contributed by atoms with van der Waals surface area (Å²) in [5.74, 6) is -0.307. The van der Waals surface area contributed by atoms with Gasteiger partial charge in [0.05, 0.1) is 0 Å². The van der Waals surface area contributed by atoms with E-state index in [0.29, 0.717) is 13.1 Å². The van der Waals surface area contributed by atoms with Crippen LogP contribution >= 0.6 is 0 Å². The molecule has 0 radical (unpaired) electrons. The molecule has 0 bridgehead atoms. The monoisotopic (exact) mass is 331 g/mol. The molecule has 1 aromatic rings. The van der Waals surface area contributed by atoms with Gasteiger partial charge in [0.1, 0.15) is 0 Å². The Balaban J connectivity index is 1.79. The SMILES string of the molecule is CC(C)(CCCc1ccccc1)C(=O)N1CCC(CC(=O)O)CC1. The van der Waals surface area contributed by atoms with Gasteiger partial charge in [0.25, 0.3) is 0 Å². The number of carbonyl (C=O) groups excluding carboxylic acids is 1. The smallest absolute Gasteiger partial charge is 0.303 e. The number of benzene rings is 1. The molecule has 4 heteroatoms. The van der Waals surface area contributed by atoms with Crippen LogP contribution in [0.1, 0.15) is 51.5 Å². The number of aliphatic carboxylic acids is 1. The maximum absolute atomic E-state index is 12.8. The van der Waals surface area contributed by atoms with Crippen molar-refractivity contribution in [2.75, 3.05) is 13.1 Å². The van der Waals surface area contributed by atoms with E-state index < -0.39 is 5.97 Å². The van der Waals surface area contributed by atoms with Crippen LogP contribution in [0.25, 0.3) is 0 Å². The number of piperidine rings is 1. The van der Waals surface area contributed by atoms with E-state index in [-0.39, 0.29) is 23.7 Å². The summed E-state index contributed by atoms with van der Waals surface area (Å²) in [6, 6.07) is 10.4. The lowest BCUT2D eigenvalue weighted by atomic mass is 9.83. The molecule has 0 aliphatic carbocycles. The maximum Gasteiger partial charge on any atom is 0.303 e. The number of carboxylic acid groups (broad SMARTS) is 1. The number of hydrogen-bond donors (Lipinski definition) is 1. The Morgan fingerprint density at radius 3 is 2.38 bits per heavy atom. The van der Waals surface area contributed by atoms with Gasteiger partial charge < -0.3 is 10.0 Å². The number of rotatable bonds is 7. The summed E-state index contributed by atoms with van der Waals surface area (Å²) in [7, 11) is 0. The minimum absolute atomic E-state index is 0.212. The lowest BCUT2D eigenvalue weighted by Crippen LogP contribution is -2.45. The highest BCUT2D eigenvalue weighted by Crippen LogP contribution is 2.29. The van der Waals surface area contributed by atoms with Gasteiger partial charge in [-0.1, -0.05) is 44.2 Å². The van der Waals surface area contributed by atoms with Crippen LogP contribution in [0.4, 0.5) is 0 Å². The van der Waals surface area contributed by atoms with Crippen molar-refractivity contribution in [2.45, 2.75) is 52.4 Å². The van der Waals surface area contributed by atoms with Gasteiger partial charge in [-0.3, -0.25) is 9.59 Å². The van der Waals surface area contributed by atoms with Crippen LogP contribution in [-0.4, -0.2) is 35.0 Å². The van der Waals surface area contributed by atoms with Gasteiger partial charge in [0.2, 0.25) is 5.91 Å². The van der Waals surface area contributed by atoms with Crippen molar-refractivity contribution >= 4 is 11.9 Å². The Hall–Kier alpha value is -1.84. The predicted octanol–water partition coefficient (Wildman–Crippen LogP) is 3.75. The van der Waals surface area contributed by atoms with E-state index in [1.54, 1.807) is 0 Å². The topological polar surface area (TPSA) is 57.6 Å². The first kappa shape index (κ1) is 18.5. The van der Waals surface area contributed by atoms with Gasteiger partial charge in [-0.2, -0.15) is 0 Å². The van der Waals surface area contributed by atoms with Crippen LogP contribution < -0.4 is 0 Å². The summed E-state index contributed by atoms with van der Waals surface area (Å²) in [5.41, 5.74) is 0.962. The van der Waals surface area contributed by atoms with Crippen LogP contribution in [-0.2, 0) is 16.0 Å². The van der Waals surface area contributed by atoms with Crippen molar-refractivity contribution in [2.24, 2.45) is 11.3 Å². The van der Waals surface area contributed by atoms with Crippen molar-refractivity contribution in [3.8, 4) is 0 Å². The molecule has 1 aliphatic heterocycles. The molecule has 24 heavy (non-hydrogen) atoms. The molecular formula is C20H29NO3. The molecule has 1 aromatic carbocycles. The van der Waals surface area contributed by atoms with Gasteiger partial charge in [-0.05, 0) is 43.6 Å². The van der Waals surface area contributed by atoms with E-state index in [1.807, 2.05) is 36.9 Å². The van der Waals surface area contributed by atoms with Crippen LogP contribution in [0.5, 0.6) is 0 Å². The highest BCUT2D eigenvalue weighted by molar-refractivity contribution is 5.82. The average Bonchev–Trinajstić information content (AvgIpc) is 2.55. The van der Waals surface area contributed by atoms with Crippen molar-refractivity contribution in [3.63, 3.8) is 0 Å². The molecule has 1 heterocycles. The lowest BCUT2D eigenvalue weighted by Gasteiger charge is -2.36. The molecule has 132 valence electrons. The Morgan fingerprint density at radius 1 is 1.17 bits per heavy atom. The second-order valence-electron chi connectivity index (χ2n) is 7.56. The first-order valence-electron chi connectivity index (χ1n) is 8.93. The fourth-order valence-electron chi connectivity index (χ4n) is 3.50. The summed E-state index contributed by atoms with van der Waals surface area (Å²) < 4.78 is 0. The van der Waals surface area contributed by atoms with Crippen LogP contribution in [0.3, 0.4) is 0 Å². The third-order valence-corrected chi connectivity index (χ3v) is 5.05. The van der Waals surface area contributed by atoms with Gasteiger partial charge in [0, 0.05) is 24.9 Å². The molecule has 0 aromatic heterocycles. The van der Waals surface area contributed by atoms with Crippen molar-refractivity contribution in [3.05, 3.63) is 35.9 Å². The fourth-order valence-corrected chi connectivity index (χ4v) is 3.50. The summed E-state index contributed by atoms with van der Waals surface area (Å²) in [6.45, 7) is 5.45. The molecule has 0 unspecified atom stereocenters. The zero-order valence-electron chi connectivity index (χ0n) is 14.8. The standard InChI is InChI=1S/C20H29NO3/c1-20(2,12-6-9-16-7-4-3-5-8-16)19(24)21-13-10-17(11-14-21)15-18(22)23/h3-5,7-8,17H,6,9-15H2,1-2H3,(H,22,23). The van der Waals surface area contributed by atoms with Gasteiger partial charge in [-0.25, -0.2) is 0 Å². The Labute approximate surface area is 144 Å². The van der Waals surface area contributed by atoms with E-state index in [4.69, 9.17) is 5.11 Å². The van der Waals surface area contributed by atoms with Crippen molar-refractivity contribution in [1.82, 2.24) is 4.90 Å². The zero-order chi connectivity index (χ0) is 17.6. The van der Waals surface area contributed by atoms with Gasteiger partial charge in [-0.15, -0.1) is 0 Å². The summed E-state index contributed by atoms with van der Waals surface area (Å²) in [5, 5.41) is 8.88. The Kier molecular flexibility index (Phi) is 6.41. The number of amides is 1. The number of carbonyl (C=O) groups is 2. The van der Waals surface area contributed by atoms with E-state index in [0.717, 1.165) is 32.1 Å². The second kappa shape index (κ2) is 8.32. The number of hydrogen-bond acceptors (Lipinski definition) is 2. The Bertz CT molecular complexity index is 545. The predicted molar refractivity (Wildman–Crippen MR) is 94.7 cm³/mol. The van der Waals surface area contributed by atoms with E-state index in [9.17, 15) is 9.59 Å². The molecule has 1 saturated heterocycles. The summed E-state index contributed by atoms with van der Waals surface area (Å²) in [4.78, 5) is 25.5.